The Kier molecular flexibility index (Phi) is 7.39. The lowest BCUT2D eigenvalue weighted by Crippen LogP contribution is -2.50. The van der Waals surface area contributed by atoms with Crippen molar-refractivity contribution in [2.75, 3.05) is 63.8 Å². The topological polar surface area (TPSA) is 119 Å². The molecule has 12 heteroatoms. The maximum atomic E-state index is 13.5. The lowest BCUT2D eigenvalue weighted by molar-refractivity contribution is -0.132. The predicted molar refractivity (Wildman–Crippen MR) is 154 cm³/mol. The van der Waals surface area contributed by atoms with Crippen LogP contribution in [-0.4, -0.2) is 98.6 Å². The van der Waals surface area contributed by atoms with E-state index in [-0.39, 0.29) is 22.1 Å². The molecule has 2 saturated heterocycles. The third-order valence-electron chi connectivity index (χ3n) is 7.80. The number of hydrogen-bond acceptors (Lipinski definition) is 8. The van der Waals surface area contributed by atoms with E-state index in [1.54, 1.807) is 10.6 Å². The van der Waals surface area contributed by atoms with Gasteiger partial charge in [0.25, 0.3) is 5.56 Å². The van der Waals surface area contributed by atoms with E-state index in [1.807, 2.05) is 49.1 Å². The lowest BCUT2D eigenvalue weighted by atomic mass is 10.2. The number of hydrogen-bond donors (Lipinski definition) is 2. The second-order valence-electron chi connectivity index (χ2n) is 10.6. The summed E-state index contributed by atoms with van der Waals surface area (Å²) in [5.41, 5.74) is 3.49. The summed E-state index contributed by atoms with van der Waals surface area (Å²) in [6.45, 7) is 10.9. The molecular weight excluding hydrogens is 528 g/mol. The third-order valence-corrected chi connectivity index (χ3v) is 9.29. The number of piperazine rings is 1. The van der Waals surface area contributed by atoms with Crippen LogP contribution in [0.15, 0.2) is 51.1 Å². The largest absolute Gasteiger partial charge is 0.370 e. The average molecular weight is 563 g/mol. The number of nitrogens with one attached hydrogen (secondary N) is 2. The normalized spacial score (nSPS) is 17.9. The Morgan fingerprint density at radius 3 is 2.62 bits per heavy atom. The number of fused-ring (bicyclic) bond motifs is 3. The van der Waals surface area contributed by atoms with Crippen LogP contribution >= 0.6 is 0 Å². The molecular formula is C28H34N8O3S. The molecule has 6 rings (SSSR count). The van der Waals surface area contributed by atoms with Gasteiger partial charge in [0.15, 0.2) is 10.7 Å². The Morgan fingerprint density at radius 2 is 1.82 bits per heavy atom. The Hall–Kier alpha value is -3.61. The Bertz CT molecular complexity index is 1660. The zero-order valence-corrected chi connectivity index (χ0v) is 23.7. The molecule has 210 valence electrons. The van der Waals surface area contributed by atoms with Crippen LogP contribution in [0.3, 0.4) is 0 Å². The third kappa shape index (κ3) is 5.14. The van der Waals surface area contributed by atoms with Crippen LogP contribution in [-0.2, 0) is 15.6 Å². The number of amides is 1. The lowest BCUT2D eigenvalue weighted by Gasteiger charge is -2.30. The summed E-state index contributed by atoms with van der Waals surface area (Å²) >= 11 is 0. The van der Waals surface area contributed by atoms with E-state index in [9.17, 15) is 13.8 Å². The first-order chi connectivity index (χ1) is 19.4. The standard InChI is InChI=1S/C28H34N8O3S/c1-19-4-7-24(20(2)16-19)40(39)28-26-30-27(38)22-6-5-21(17-23(22)36(26)32-31-28)34-11-3-10-33(14-15-34)18-25(37)35-12-8-29-9-13-35/h4-7,16-17,29,32H,3,8-15,18H2,1-2H3. The van der Waals surface area contributed by atoms with E-state index in [4.69, 9.17) is 0 Å². The van der Waals surface area contributed by atoms with Crippen molar-refractivity contribution in [2.45, 2.75) is 30.2 Å². The first-order valence-corrected chi connectivity index (χ1v) is 14.9. The molecule has 0 bridgehead atoms. The monoisotopic (exact) mass is 562 g/mol. The fourth-order valence-electron chi connectivity index (χ4n) is 5.62. The fraction of sp³-hybridized carbons (Fsp3) is 0.429. The molecule has 11 nitrogen and oxygen atoms in total. The van der Waals surface area contributed by atoms with Crippen molar-refractivity contribution in [1.29, 1.82) is 0 Å². The maximum Gasteiger partial charge on any atom is 0.281 e. The number of aromatic nitrogens is 4. The molecule has 0 aliphatic carbocycles. The van der Waals surface area contributed by atoms with Crippen LogP contribution in [0.5, 0.6) is 0 Å². The molecule has 2 aromatic carbocycles. The van der Waals surface area contributed by atoms with Crippen LogP contribution < -0.4 is 15.8 Å². The van der Waals surface area contributed by atoms with Gasteiger partial charge in [-0.15, -0.1) is 5.10 Å². The number of aromatic amines is 1. The van der Waals surface area contributed by atoms with Crippen molar-refractivity contribution in [3.63, 3.8) is 0 Å². The van der Waals surface area contributed by atoms with E-state index in [2.05, 4.69) is 30.4 Å². The van der Waals surface area contributed by atoms with Gasteiger partial charge in [-0.25, -0.2) is 13.9 Å². The molecule has 2 aromatic heterocycles. The quantitative estimate of drug-likeness (QED) is 0.374. The Balaban J connectivity index is 1.25. The van der Waals surface area contributed by atoms with Gasteiger partial charge in [0.1, 0.15) is 10.8 Å². The van der Waals surface area contributed by atoms with Gasteiger partial charge in [-0.1, -0.05) is 17.7 Å². The maximum absolute atomic E-state index is 13.5. The molecule has 2 fully saturated rings. The summed E-state index contributed by atoms with van der Waals surface area (Å²) in [4.78, 5) is 37.2. The number of anilines is 1. The van der Waals surface area contributed by atoms with Crippen molar-refractivity contribution < 1.29 is 9.00 Å². The number of aryl methyl sites for hydroxylation is 2. The predicted octanol–water partition coefficient (Wildman–Crippen LogP) is 1.30. The van der Waals surface area contributed by atoms with Gasteiger partial charge in [0, 0.05) is 62.9 Å². The van der Waals surface area contributed by atoms with Crippen LogP contribution in [0.1, 0.15) is 17.5 Å². The smallest absolute Gasteiger partial charge is 0.281 e. The van der Waals surface area contributed by atoms with Gasteiger partial charge in [0.05, 0.1) is 17.4 Å². The summed E-state index contributed by atoms with van der Waals surface area (Å²) in [7, 11) is -1.60. The second-order valence-corrected chi connectivity index (χ2v) is 11.9. The number of carbonyl (C=O) groups excluding carboxylic acids is 1. The molecule has 40 heavy (non-hydrogen) atoms. The molecule has 1 atom stereocenters. The summed E-state index contributed by atoms with van der Waals surface area (Å²) in [6.07, 6.45) is 0.932. The van der Waals surface area contributed by atoms with Crippen molar-refractivity contribution >= 4 is 38.9 Å². The van der Waals surface area contributed by atoms with E-state index in [0.29, 0.717) is 22.3 Å². The highest BCUT2D eigenvalue weighted by atomic mass is 32.2. The van der Waals surface area contributed by atoms with Crippen molar-refractivity contribution in [1.82, 2.24) is 34.9 Å². The molecule has 1 amide bonds. The minimum Gasteiger partial charge on any atom is -0.370 e. The highest BCUT2D eigenvalue weighted by Gasteiger charge is 2.23. The van der Waals surface area contributed by atoms with E-state index in [0.717, 1.165) is 75.6 Å². The number of nitrogens with zero attached hydrogens (tertiary/aromatic N) is 6. The summed E-state index contributed by atoms with van der Waals surface area (Å²) in [5, 5.41) is 11.3. The van der Waals surface area contributed by atoms with Crippen LogP contribution in [0.25, 0.3) is 16.6 Å². The molecule has 2 N–H and O–H groups in total. The Labute approximate surface area is 234 Å². The molecule has 4 heterocycles. The first-order valence-electron chi connectivity index (χ1n) is 13.7. The molecule has 1 unspecified atom stereocenters. The molecule has 2 aliphatic heterocycles. The summed E-state index contributed by atoms with van der Waals surface area (Å²) in [6, 6.07) is 11.4. The SMILES string of the molecule is Cc1ccc(S(=O)c2n[nH]n3c2nc(=O)c2ccc(N4CCCN(CC(=O)N5CCNCC5)CC4)cc23)c(C)c1. The van der Waals surface area contributed by atoms with Crippen molar-refractivity contribution in [2.24, 2.45) is 0 Å². The number of benzene rings is 2. The summed E-state index contributed by atoms with van der Waals surface area (Å²) in [5.74, 6) is 0.197. The molecule has 0 radical (unpaired) electrons. The van der Waals surface area contributed by atoms with Gasteiger partial charge in [-0.3, -0.25) is 14.5 Å². The van der Waals surface area contributed by atoms with Gasteiger partial charge in [-0.2, -0.15) is 4.98 Å². The molecule has 2 aliphatic rings. The zero-order chi connectivity index (χ0) is 27.8. The van der Waals surface area contributed by atoms with Gasteiger partial charge in [-0.05, 0) is 50.1 Å². The number of rotatable bonds is 5. The molecule has 0 saturated carbocycles. The van der Waals surface area contributed by atoms with Crippen molar-refractivity contribution in [3.8, 4) is 0 Å². The molecule has 4 aromatic rings. The van der Waals surface area contributed by atoms with E-state index < -0.39 is 10.8 Å². The van der Waals surface area contributed by atoms with Crippen LogP contribution in [0.2, 0.25) is 0 Å². The highest BCUT2D eigenvalue weighted by molar-refractivity contribution is 7.85. The Morgan fingerprint density at radius 1 is 1.00 bits per heavy atom. The van der Waals surface area contributed by atoms with Crippen LogP contribution in [0, 0.1) is 13.8 Å². The zero-order valence-electron chi connectivity index (χ0n) is 22.9. The second kappa shape index (κ2) is 11.1. The van der Waals surface area contributed by atoms with E-state index >= 15 is 0 Å². The van der Waals surface area contributed by atoms with Crippen molar-refractivity contribution in [3.05, 3.63) is 57.9 Å². The molecule has 0 spiro atoms. The number of carbonyl (C=O) groups is 1. The summed E-state index contributed by atoms with van der Waals surface area (Å²) < 4.78 is 15.1. The number of H-pyrrole nitrogens is 1. The van der Waals surface area contributed by atoms with E-state index in [1.165, 1.54) is 0 Å². The van der Waals surface area contributed by atoms with Gasteiger partial charge >= 0.3 is 0 Å². The average Bonchev–Trinajstić information content (AvgIpc) is 3.24. The van der Waals surface area contributed by atoms with Gasteiger partial charge < -0.3 is 15.1 Å². The first kappa shape index (κ1) is 26.6. The minimum atomic E-state index is -1.60. The van der Waals surface area contributed by atoms with Gasteiger partial charge in [0.2, 0.25) is 5.91 Å². The fourth-order valence-corrected chi connectivity index (χ4v) is 6.80. The minimum absolute atomic E-state index is 0.197. The van der Waals surface area contributed by atoms with Crippen LogP contribution in [0.4, 0.5) is 5.69 Å². The highest BCUT2D eigenvalue weighted by Crippen LogP contribution is 2.25.